The molecule has 2 heteroatoms. The first-order valence-corrected chi connectivity index (χ1v) is 4.96. The van der Waals surface area contributed by atoms with Crippen LogP contribution in [0.15, 0.2) is 0 Å². The van der Waals surface area contributed by atoms with Gasteiger partial charge in [-0.3, -0.25) is 0 Å². The summed E-state index contributed by atoms with van der Waals surface area (Å²) in [5.74, 6) is 0. The molecule has 1 fully saturated rings. The van der Waals surface area contributed by atoms with E-state index in [0.29, 0.717) is 6.10 Å². The van der Waals surface area contributed by atoms with Gasteiger partial charge in [0.1, 0.15) is 0 Å². The van der Waals surface area contributed by atoms with E-state index in [2.05, 4.69) is 0 Å². The number of ether oxygens (including phenoxy) is 1. The first-order valence-electron chi connectivity index (χ1n) is 3.55. The van der Waals surface area contributed by atoms with Crippen molar-refractivity contribution in [3.8, 4) is 0 Å². The molecule has 0 aromatic heterocycles. The van der Waals surface area contributed by atoms with Crippen molar-refractivity contribution in [3.63, 3.8) is 0 Å². The zero-order valence-electron chi connectivity index (χ0n) is 5.52. The second-order valence-electron chi connectivity index (χ2n) is 2.42. The summed E-state index contributed by atoms with van der Waals surface area (Å²) < 4.78 is 5.42. The van der Waals surface area contributed by atoms with Gasteiger partial charge in [0.15, 0.2) is 0 Å². The lowest BCUT2D eigenvalue weighted by atomic mass is 10.2. The molecule has 0 N–H and O–H groups in total. The molecule has 1 unspecified atom stereocenters. The first-order chi connectivity index (χ1) is 3.93. The van der Waals surface area contributed by atoms with E-state index in [0.717, 1.165) is 6.61 Å². The maximum atomic E-state index is 5.42. The van der Waals surface area contributed by atoms with E-state index in [9.17, 15) is 0 Å². The van der Waals surface area contributed by atoms with Crippen LogP contribution >= 0.6 is 0 Å². The largest absolute Gasteiger partial charge is 0.378 e. The number of rotatable bonds is 2. The normalized spacial score (nSPS) is 29.2. The van der Waals surface area contributed by atoms with Crippen LogP contribution in [0.2, 0.25) is 6.04 Å². The summed E-state index contributed by atoms with van der Waals surface area (Å²) in [5, 5.41) is 0. The maximum Gasteiger partial charge on any atom is 0.0573 e. The highest BCUT2D eigenvalue weighted by Crippen LogP contribution is 2.15. The second kappa shape index (κ2) is 3.25. The van der Waals surface area contributed by atoms with E-state index in [4.69, 9.17) is 4.74 Å². The van der Waals surface area contributed by atoms with Crippen molar-refractivity contribution in [3.05, 3.63) is 0 Å². The summed E-state index contributed by atoms with van der Waals surface area (Å²) >= 11 is 0. The molecule has 1 nitrogen and oxygen atoms in total. The van der Waals surface area contributed by atoms with Gasteiger partial charge in [-0.25, -0.2) is 0 Å². The molecule has 48 valence electrons. The molecule has 1 atom stereocenters. The minimum Gasteiger partial charge on any atom is -0.378 e. The quantitative estimate of drug-likeness (QED) is 0.490. The van der Waals surface area contributed by atoms with Crippen LogP contribution in [0.5, 0.6) is 0 Å². The third-order valence-corrected chi connectivity index (χ3v) is 2.21. The van der Waals surface area contributed by atoms with Gasteiger partial charge in [0.25, 0.3) is 0 Å². The van der Waals surface area contributed by atoms with Crippen LogP contribution in [-0.4, -0.2) is 23.0 Å². The molecule has 1 rings (SSSR count). The fourth-order valence-corrected chi connectivity index (χ4v) is 1.84. The Morgan fingerprint density at radius 3 is 3.00 bits per heavy atom. The van der Waals surface area contributed by atoms with Crippen molar-refractivity contribution in [2.45, 2.75) is 31.4 Å². The molecule has 1 aliphatic heterocycles. The lowest BCUT2D eigenvalue weighted by molar-refractivity contribution is 0.108. The van der Waals surface area contributed by atoms with Crippen LogP contribution < -0.4 is 0 Å². The third kappa shape index (κ3) is 1.60. The Balaban J connectivity index is 2.06. The molecule has 0 aliphatic carbocycles. The minimum absolute atomic E-state index is 0.646. The third-order valence-electron chi connectivity index (χ3n) is 1.63. The zero-order chi connectivity index (χ0) is 5.82. The summed E-state index contributed by atoms with van der Waals surface area (Å²) in [6.07, 6.45) is 4.59. The predicted molar refractivity (Wildman–Crippen MR) is 38.3 cm³/mol. The molecule has 0 saturated carbocycles. The average Bonchev–Trinajstić information content (AvgIpc) is 2.19. The lowest BCUT2D eigenvalue weighted by Gasteiger charge is -2.04. The molecule has 0 bridgehead atoms. The van der Waals surface area contributed by atoms with Gasteiger partial charge in [0.2, 0.25) is 0 Å². The maximum absolute atomic E-state index is 5.42. The van der Waals surface area contributed by atoms with Crippen molar-refractivity contribution < 1.29 is 4.74 Å². The summed E-state index contributed by atoms with van der Waals surface area (Å²) in [4.78, 5) is 0. The van der Waals surface area contributed by atoms with Crippen LogP contribution in [0.1, 0.15) is 19.3 Å². The molecule has 0 aromatic rings. The second-order valence-corrected chi connectivity index (χ2v) is 3.42. The van der Waals surface area contributed by atoms with Crippen molar-refractivity contribution in [1.82, 2.24) is 0 Å². The van der Waals surface area contributed by atoms with E-state index in [1.807, 2.05) is 0 Å². The molecule has 1 saturated heterocycles. The van der Waals surface area contributed by atoms with Gasteiger partial charge in [-0.15, -0.1) is 0 Å². The van der Waals surface area contributed by atoms with E-state index in [1.54, 1.807) is 0 Å². The summed E-state index contributed by atoms with van der Waals surface area (Å²) in [7, 11) is 1.34. The van der Waals surface area contributed by atoms with Gasteiger partial charge in [-0.2, -0.15) is 0 Å². The lowest BCUT2D eigenvalue weighted by Crippen LogP contribution is -2.02. The smallest absolute Gasteiger partial charge is 0.0573 e. The fraction of sp³-hybridized carbons (Fsp3) is 1.00. The van der Waals surface area contributed by atoms with Crippen LogP contribution in [0.3, 0.4) is 0 Å². The Morgan fingerprint density at radius 2 is 2.50 bits per heavy atom. The van der Waals surface area contributed by atoms with Crippen molar-refractivity contribution >= 4 is 10.2 Å². The monoisotopic (exact) mass is 130 g/mol. The number of hydrogen-bond donors (Lipinski definition) is 0. The van der Waals surface area contributed by atoms with E-state index < -0.39 is 0 Å². The molecule has 0 amide bonds. The summed E-state index contributed by atoms with van der Waals surface area (Å²) in [6, 6.07) is 1.41. The molecular weight excluding hydrogens is 116 g/mol. The SMILES string of the molecule is [SiH3]CCC1CCCO1. The molecule has 0 radical (unpaired) electrons. The van der Waals surface area contributed by atoms with Gasteiger partial charge in [-0.05, 0) is 19.3 Å². The van der Waals surface area contributed by atoms with E-state index in [-0.39, 0.29) is 0 Å². The van der Waals surface area contributed by atoms with Crippen molar-refractivity contribution in [2.24, 2.45) is 0 Å². The molecule has 1 aliphatic rings. The Kier molecular flexibility index (Phi) is 2.56. The first kappa shape index (κ1) is 6.30. The number of hydrogen-bond acceptors (Lipinski definition) is 1. The Morgan fingerprint density at radius 1 is 1.62 bits per heavy atom. The highest BCUT2D eigenvalue weighted by Gasteiger charge is 2.12. The average molecular weight is 130 g/mol. The summed E-state index contributed by atoms with van der Waals surface area (Å²) in [5.41, 5.74) is 0. The predicted octanol–water partition coefficient (Wildman–Crippen LogP) is 0.339. The van der Waals surface area contributed by atoms with Crippen LogP contribution in [0.4, 0.5) is 0 Å². The fourth-order valence-electron chi connectivity index (χ4n) is 1.19. The van der Waals surface area contributed by atoms with Gasteiger partial charge in [0, 0.05) is 16.8 Å². The van der Waals surface area contributed by atoms with E-state index >= 15 is 0 Å². The molecular formula is C6H14OSi. The van der Waals surface area contributed by atoms with Gasteiger partial charge in [0.05, 0.1) is 6.10 Å². The van der Waals surface area contributed by atoms with Crippen molar-refractivity contribution in [2.75, 3.05) is 6.61 Å². The Bertz CT molecular complexity index is 59.5. The van der Waals surface area contributed by atoms with Crippen LogP contribution in [-0.2, 0) is 4.74 Å². The Labute approximate surface area is 53.8 Å². The zero-order valence-corrected chi connectivity index (χ0v) is 7.52. The molecule has 1 heterocycles. The van der Waals surface area contributed by atoms with E-state index in [1.165, 1.54) is 35.5 Å². The van der Waals surface area contributed by atoms with Crippen LogP contribution in [0.25, 0.3) is 0 Å². The molecule has 8 heavy (non-hydrogen) atoms. The van der Waals surface area contributed by atoms with Gasteiger partial charge in [-0.1, -0.05) is 6.04 Å². The van der Waals surface area contributed by atoms with Gasteiger partial charge < -0.3 is 4.74 Å². The highest BCUT2D eigenvalue weighted by atomic mass is 28.1. The van der Waals surface area contributed by atoms with Crippen LogP contribution in [0, 0.1) is 0 Å². The Hall–Kier alpha value is 0.177. The summed E-state index contributed by atoms with van der Waals surface area (Å²) in [6.45, 7) is 1.02. The molecule has 0 aromatic carbocycles. The molecule has 0 spiro atoms. The highest BCUT2D eigenvalue weighted by molar-refractivity contribution is 6.08. The topological polar surface area (TPSA) is 9.23 Å². The van der Waals surface area contributed by atoms with Crippen molar-refractivity contribution in [1.29, 1.82) is 0 Å². The standard InChI is InChI=1S/C6H14OSi/c8-5-3-6-2-1-4-7-6/h6H,1-5H2,8H3. The minimum atomic E-state index is 0.646. The van der Waals surface area contributed by atoms with Gasteiger partial charge >= 0.3 is 0 Å².